The molecule has 1 spiro atoms. The number of pyridine rings is 1. The first-order valence-electron chi connectivity index (χ1n) is 6.80. The lowest BCUT2D eigenvalue weighted by atomic mass is 10.0. The highest BCUT2D eigenvalue weighted by Crippen LogP contribution is 2.31. The molecule has 20 heavy (non-hydrogen) atoms. The van der Waals surface area contributed by atoms with Crippen molar-refractivity contribution in [1.29, 1.82) is 0 Å². The lowest BCUT2D eigenvalue weighted by Crippen LogP contribution is -2.51. The number of methoxy groups -OCH3 is 1. The van der Waals surface area contributed by atoms with Gasteiger partial charge in [-0.25, -0.2) is 4.98 Å². The van der Waals surface area contributed by atoms with Gasteiger partial charge in [-0.15, -0.1) is 0 Å². The summed E-state index contributed by atoms with van der Waals surface area (Å²) in [6.07, 6.45) is 3.31. The number of carbonyl (C=O) groups excluding carboxylic acids is 1. The van der Waals surface area contributed by atoms with Gasteiger partial charge in [0.05, 0.1) is 26.9 Å². The van der Waals surface area contributed by atoms with Crippen molar-refractivity contribution in [3.05, 3.63) is 23.9 Å². The normalized spacial score (nSPS) is 21.1. The summed E-state index contributed by atoms with van der Waals surface area (Å²) in [5, 5.41) is 0. The summed E-state index contributed by atoms with van der Waals surface area (Å²) in [5.74, 6) is -0.345. The van der Waals surface area contributed by atoms with E-state index >= 15 is 0 Å². The molecule has 2 aliphatic heterocycles. The molecule has 0 aromatic carbocycles. The zero-order chi connectivity index (χ0) is 14.0. The van der Waals surface area contributed by atoms with Crippen LogP contribution in [0.3, 0.4) is 0 Å². The molecule has 1 aromatic rings. The summed E-state index contributed by atoms with van der Waals surface area (Å²) in [6.45, 7) is 2.35. The smallest absolute Gasteiger partial charge is 0.259 e. The predicted molar refractivity (Wildman–Crippen MR) is 70.6 cm³/mol. The molecule has 0 aliphatic carbocycles. The molecular formula is C14H18N2O4. The van der Waals surface area contributed by atoms with Gasteiger partial charge in [0.2, 0.25) is 5.88 Å². The maximum Gasteiger partial charge on any atom is 0.259 e. The van der Waals surface area contributed by atoms with Crippen LogP contribution < -0.4 is 4.74 Å². The second-order valence-electron chi connectivity index (χ2n) is 5.00. The van der Waals surface area contributed by atoms with Crippen molar-refractivity contribution in [2.45, 2.75) is 18.6 Å². The van der Waals surface area contributed by atoms with Crippen molar-refractivity contribution in [3.63, 3.8) is 0 Å². The molecule has 0 atom stereocenters. The molecule has 0 unspecified atom stereocenters. The first-order chi connectivity index (χ1) is 9.74. The molecule has 0 N–H and O–H groups in total. The molecule has 0 saturated carbocycles. The van der Waals surface area contributed by atoms with Gasteiger partial charge in [0.15, 0.2) is 5.79 Å². The van der Waals surface area contributed by atoms with Crippen molar-refractivity contribution in [1.82, 2.24) is 9.88 Å². The van der Waals surface area contributed by atoms with Crippen LogP contribution in [0.25, 0.3) is 0 Å². The number of amides is 1. The lowest BCUT2D eigenvalue weighted by Gasteiger charge is -2.38. The Morgan fingerprint density at radius 2 is 2.25 bits per heavy atom. The average Bonchev–Trinajstić information content (AvgIpc) is 2.94. The highest BCUT2D eigenvalue weighted by molar-refractivity contribution is 5.96. The Morgan fingerprint density at radius 3 is 3.00 bits per heavy atom. The Balaban J connectivity index is 1.79. The summed E-state index contributed by atoms with van der Waals surface area (Å²) in [5.41, 5.74) is 0.477. The number of carbonyl (C=O) groups is 1. The van der Waals surface area contributed by atoms with Gasteiger partial charge in [0.25, 0.3) is 5.91 Å². The van der Waals surface area contributed by atoms with Crippen LogP contribution in [0.5, 0.6) is 5.88 Å². The fourth-order valence-corrected chi connectivity index (χ4v) is 2.78. The quantitative estimate of drug-likeness (QED) is 0.810. The van der Waals surface area contributed by atoms with E-state index in [9.17, 15) is 4.79 Å². The Morgan fingerprint density at radius 1 is 1.45 bits per heavy atom. The van der Waals surface area contributed by atoms with Gasteiger partial charge < -0.3 is 19.1 Å². The van der Waals surface area contributed by atoms with Crippen molar-refractivity contribution in [2.75, 3.05) is 33.4 Å². The first kappa shape index (κ1) is 13.3. The number of likely N-dealkylation sites (tertiary alicyclic amines) is 1. The van der Waals surface area contributed by atoms with Gasteiger partial charge >= 0.3 is 0 Å². The van der Waals surface area contributed by atoms with Gasteiger partial charge in [-0.05, 0) is 18.6 Å². The molecule has 3 heterocycles. The molecule has 3 rings (SSSR count). The maximum atomic E-state index is 12.6. The fraction of sp³-hybridized carbons (Fsp3) is 0.571. The van der Waals surface area contributed by atoms with E-state index in [-0.39, 0.29) is 5.91 Å². The van der Waals surface area contributed by atoms with Crippen LogP contribution in [0.2, 0.25) is 0 Å². The topological polar surface area (TPSA) is 60.9 Å². The standard InChI is InChI=1S/C14H18N2O4/c1-18-12-11(4-2-6-15-12)13(17)16-7-3-5-14(10-16)19-8-9-20-14/h2,4,6H,3,5,7-10H2,1H3. The van der Waals surface area contributed by atoms with E-state index in [1.54, 1.807) is 23.2 Å². The highest BCUT2D eigenvalue weighted by Gasteiger charge is 2.42. The molecule has 2 fully saturated rings. The zero-order valence-electron chi connectivity index (χ0n) is 11.5. The second kappa shape index (κ2) is 5.38. The van der Waals surface area contributed by atoms with Crippen LogP contribution in [-0.2, 0) is 9.47 Å². The molecule has 0 bridgehead atoms. The molecule has 2 aliphatic rings. The van der Waals surface area contributed by atoms with E-state index in [1.165, 1.54) is 7.11 Å². The number of ether oxygens (including phenoxy) is 3. The Labute approximate surface area is 117 Å². The predicted octanol–water partition coefficient (Wildman–Crippen LogP) is 1.07. The van der Waals surface area contributed by atoms with Gasteiger partial charge in [-0.3, -0.25) is 4.79 Å². The van der Waals surface area contributed by atoms with Gasteiger partial charge in [-0.1, -0.05) is 0 Å². The van der Waals surface area contributed by atoms with Gasteiger partial charge in [-0.2, -0.15) is 0 Å². The van der Waals surface area contributed by atoms with Crippen molar-refractivity contribution in [3.8, 4) is 5.88 Å². The number of nitrogens with zero attached hydrogens (tertiary/aromatic N) is 2. The number of piperidine rings is 1. The van der Waals surface area contributed by atoms with Crippen LogP contribution in [0.4, 0.5) is 0 Å². The third-order valence-electron chi connectivity index (χ3n) is 3.71. The van der Waals surface area contributed by atoms with E-state index < -0.39 is 5.79 Å². The van der Waals surface area contributed by atoms with Crippen molar-refractivity contribution >= 4 is 5.91 Å². The molecular weight excluding hydrogens is 260 g/mol. The number of rotatable bonds is 2. The van der Waals surface area contributed by atoms with Crippen LogP contribution in [0, 0.1) is 0 Å². The average molecular weight is 278 g/mol. The monoisotopic (exact) mass is 278 g/mol. The molecule has 6 nitrogen and oxygen atoms in total. The molecule has 0 radical (unpaired) electrons. The summed E-state index contributed by atoms with van der Waals surface area (Å²) in [7, 11) is 1.51. The summed E-state index contributed by atoms with van der Waals surface area (Å²) in [6, 6.07) is 3.46. The number of hydrogen-bond donors (Lipinski definition) is 0. The molecule has 108 valence electrons. The molecule has 1 amide bonds. The second-order valence-corrected chi connectivity index (χ2v) is 5.00. The molecule has 2 saturated heterocycles. The lowest BCUT2D eigenvalue weighted by molar-refractivity contribution is -0.183. The van der Waals surface area contributed by atoms with Gasteiger partial charge in [0, 0.05) is 19.2 Å². The summed E-state index contributed by atoms with van der Waals surface area (Å²) in [4.78, 5) is 18.4. The highest BCUT2D eigenvalue weighted by atomic mass is 16.7. The number of hydrogen-bond acceptors (Lipinski definition) is 5. The molecule has 6 heteroatoms. The maximum absolute atomic E-state index is 12.6. The summed E-state index contributed by atoms with van der Waals surface area (Å²) < 4.78 is 16.5. The van der Waals surface area contributed by atoms with E-state index in [0.29, 0.717) is 37.7 Å². The van der Waals surface area contributed by atoms with Crippen molar-refractivity contribution in [2.24, 2.45) is 0 Å². The first-order valence-corrected chi connectivity index (χ1v) is 6.80. The minimum absolute atomic E-state index is 0.0897. The van der Waals surface area contributed by atoms with Crippen LogP contribution in [-0.4, -0.2) is 55.0 Å². The minimum Gasteiger partial charge on any atom is -0.480 e. The van der Waals surface area contributed by atoms with E-state index in [2.05, 4.69) is 4.98 Å². The third-order valence-corrected chi connectivity index (χ3v) is 3.71. The van der Waals surface area contributed by atoms with E-state index in [0.717, 1.165) is 12.8 Å². The third kappa shape index (κ3) is 2.36. The minimum atomic E-state index is -0.608. The SMILES string of the molecule is COc1ncccc1C(=O)N1CCCC2(C1)OCCO2. The molecule has 1 aromatic heterocycles. The Bertz CT molecular complexity index is 500. The van der Waals surface area contributed by atoms with Crippen LogP contribution in [0.15, 0.2) is 18.3 Å². The largest absolute Gasteiger partial charge is 0.480 e. The van der Waals surface area contributed by atoms with E-state index in [1.807, 2.05) is 0 Å². The Kier molecular flexibility index (Phi) is 3.58. The van der Waals surface area contributed by atoms with Crippen LogP contribution in [0.1, 0.15) is 23.2 Å². The zero-order valence-corrected chi connectivity index (χ0v) is 11.5. The fourth-order valence-electron chi connectivity index (χ4n) is 2.78. The summed E-state index contributed by atoms with van der Waals surface area (Å²) >= 11 is 0. The number of aromatic nitrogens is 1. The van der Waals surface area contributed by atoms with Crippen LogP contribution >= 0.6 is 0 Å². The Hall–Kier alpha value is -1.66. The van der Waals surface area contributed by atoms with Gasteiger partial charge in [0.1, 0.15) is 5.56 Å². The van der Waals surface area contributed by atoms with Crippen molar-refractivity contribution < 1.29 is 19.0 Å². The van der Waals surface area contributed by atoms with E-state index in [4.69, 9.17) is 14.2 Å².